The van der Waals surface area contributed by atoms with E-state index in [0.29, 0.717) is 0 Å². The first-order chi connectivity index (χ1) is 8.71. The van der Waals surface area contributed by atoms with Crippen LogP contribution in [0.15, 0.2) is 0 Å². The van der Waals surface area contributed by atoms with Gasteiger partial charge in [-0.05, 0) is 45.2 Å². The van der Waals surface area contributed by atoms with Gasteiger partial charge in [0.25, 0.3) is 0 Å². The van der Waals surface area contributed by atoms with Gasteiger partial charge in [-0.3, -0.25) is 4.90 Å². The Balaban J connectivity index is 2.54. The van der Waals surface area contributed by atoms with Crippen molar-refractivity contribution < 1.29 is 9.84 Å². The SMILES string of the molecule is CCN(CC)C1(C(O)CCCCOC)CCCC1. The molecule has 0 heterocycles. The zero-order valence-electron chi connectivity index (χ0n) is 12.5. The molecule has 18 heavy (non-hydrogen) atoms. The third-order valence-corrected chi connectivity index (χ3v) is 4.56. The Hall–Kier alpha value is -0.120. The van der Waals surface area contributed by atoms with E-state index in [1.165, 1.54) is 25.7 Å². The quantitative estimate of drug-likeness (QED) is 0.645. The van der Waals surface area contributed by atoms with Crippen LogP contribution in [0.2, 0.25) is 0 Å². The fourth-order valence-electron chi connectivity index (χ4n) is 3.55. The number of aliphatic hydroxyl groups is 1. The molecular formula is C15H31NO2. The monoisotopic (exact) mass is 257 g/mol. The predicted octanol–water partition coefficient (Wildman–Crippen LogP) is 2.82. The lowest BCUT2D eigenvalue weighted by molar-refractivity contribution is -0.0306. The second-order valence-corrected chi connectivity index (χ2v) is 5.49. The minimum atomic E-state index is -0.170. The van der Waals surface area contributed by atoms with Crippen LogP contribution in [0.5, 0.6) is 0 Å². The van der Waals surface area contributed by atoms with Crippen molar-refractivity contribution in [2.24, 2.45) is 0 Å². The van der Waals surface area contributed by atoms with Crippen molar-refractivity contribution in [1.82, 2.24) is 4.90 Å². The van der Waals surface area contributed by atoms with Gasteiger partial charge >= 0.3 is 0 Å². The van der Waals surface area contributed by atoms with Gasteiger partial charge in [0.1, 0.15) is 0 Å². The van der Waals surface area contributed by atoms with Crippen LogP contribution < -0.4 is 0 Å². The van der Waals surface area contributed by atoms with Crippen molar-refractivity contribution in [3.63, 3.8) is 0 Å². The molecule has 1 N–H and O–H groups in total. The summed E-state index contributed by atoms with van der Waals surface area (Å²) in [6.07, 6.45) is 7.74. The van der Waals surface area contributed by atoms with Gasteiger partial charge in [0.2, 0.25) is 0 Å². The molecule has 0 spiro atoms. The van der Waals surface area contributed by atoms with E-state index < -0.39 is 0 Å². The molecule has 1 aliphatic carbocycles. The summed E-state index contributed by atoms with van der Waals surface area (Å²) in [5.41, 5.74) is 0.0660. The number of hydrogen-bond acceptors (Lipinski definition) is 3. The van der Waals surface area contributed by atoms with Gasteiger partial charge in [-0.25, -0.2) is 0 Å². The summed E-state index contributed by atoms with van der Waals surface area (Å²) in [6.45, 7) is 7.32. The second kappa shape index (κ2) is 8.13. The number of ether oxygens (including phenoxy) is 1. The third kappa shape index (κ3) is 3.69. The van der Waals surface area contributed by atoms with Crippen LogP contribution in [-0.2, 0) is 4.74 Å². The molecule has 1 aliphatic rings. The fourth-order valence-corrected chi connectivity index (χ4v) is 3.55. The lowest BCUT2D eigenvalue weighted by Crippen LogP contribution is -2.54. The van der Waals surface area contributed by atoms with Crippen LogP contribution in [0.3, 0.4) is 0 Å². The first-order valence-electron chi connectivity index (χ1n) is 7.63. The molecule has 0 radical (unpaired) electrons. The van der Waals surface area contributed by atoms with Crippen LogP contribution >= 0.6 is 0 Å². The molecule has 0 aromatic rings. The first-order valence-corrected chi connectivity index (χ1v) is 7.63. The molecule has 1 saturated carbocycles. The van der Waals surface area contributed by atoms with Crippen LogP contribution in [0.1, 0.15) is 58.8 Å². The van der Waals surface area contributed by atoms with Crippen LogP contribution in [0.4, 0.5) is 0 Å². The molecule has 0 bridgehead atoms. The van der Waals surface area contributed by atoms with E-state index >= 15 is 0 Å². The van der Waals surface area contributed by atoms with Crippen molar-refractivity contribution in [1.29, 1.82) is 0 Å². The summed E-state index contributed by atoms with van der Waals surface area (Å²) in [6, 6.07) is 0. The molecule has 1 fully saturated rings. The summed E-state index contributed by atoms with van der Waals surface area (Å²) in [5, 5.41) is 10.6. The molecule has 3 nitrogen and oxygen atoms in total. The van der Waals surface area contributed by atoms with Crippen molar-refractivity contribution >= 4 is 0 Å². The van der Waals surface area contributed by atoms with E-state index in [1.54, 1.807) is 7.11 Å². The Bertz CT molecular complexity index is 211. The highest BCUT2D eigenvalue weighted by atomic mass is 16.5. The largest absolute Gasteiger partial charge is 0.391 e. The van der Waals surface area contributed by atoms with Gasteiger partial charge < -0.3 is 9.84 Å². The summed E-state index contributed by atoms with van der Waals surface area (Å²) >= 11 is 0. The number of unbranched alkanes of at least 4 members (excludes halogenated alkanes) is 1. The number of aliphatic hydroxyl groups excluding tert-OH is 1. The first kappa shape index (κ1) is 15.9. The Morgan fingerprint density at radius 3 is 2.28 bits per heavy atom. The number of nitrogens with zero attached hydrogens (tertiary/aromatic N) is 1. The molecule has 0 aliphatic heterocycles. The average Bonchev–Trinajstić information content (AvgIpc) is 2.86. The lowest BCUT2D eigenvalue weighted by atomic mass is 9.85. The van der Waals surface area contributed by atoms with E-state index in [1.807, 2.05) is 0 Å². The number of hydrogen-bond donors (Lipinski definition) is 1. The predicted molar refractivity (Wildman–Crippen MR) is 75.9 cm³/mol. The normalized spacial score (nSPS) is 20.5. The van der Waals surface area contributed by atoms with Gasteiger partial charge in [0.15, 0.2) is 0 Å². The smallest absolute Gasteiger partial charge is 0.0723 e. The molecule has 1 rings (SSSR count). The van der Waals surface area contributed by atoms with Crippen molar-refractivity contribution in [2.75, 3.05) is 26.8 Å². The molecule has 0 aromatic carbocycles. The molecule has 1 atom stereocenters. The Labute approximate surface area is 113 Å². The Morgan fingerprint density at radius 1 is 1.17 bits per heavy atom. The zero-order valence-corrected chi connectivity index (χ0v) is 12.5. The van der Waals surface area contributed by atoms with E-state index in [-0.39, 0.29) is 11.6 Å². The highest BCUT2D eigenvalue weighted by molar-refractivity contribution is 4.99. The summed E-state index contributed by atoms with van der Waals surface area (Å²) in [5.74, 6) is 0. The minimum Gasteiger partial charge on any atom is -0.391 e. The topological polar surface area (TPSA) is 32.7 Å². The minimum absolute atomic E-state index is 0.0660. The van der Waals surface area contributed by atoms with E-state index in [0.717, 1.165) is 39.0 Å². The van der Waals surface area contributed by atoms with E-state index in [9.17, 15) is 5.11 Å². The molecule has 0 saturated heterocycles. The molecule has 0 amide bonds. The van der Waals surface area contributed by atoms with Gasteiger partial charge in [-0.2, -0.15) is 0 Å². The lowest BCUT2D eigenvalue weighted by Gasteiger charge is -2.44. The second-order valence-electron chi connectivity index (χ2n) is 5.49. The molecule has 3 heteroatoms. The van der Waals surface area contributed by atoms with E-state index in [4.69, 9.17) is 4.74 Å². The maximum atomic E-state index is 10.6. The van der Waals surface area contributed by atoms with Crippen molar-refractivity contribution in [2.45, 2.75) is 70.4 Å². The molecular weight excluding hydrogens is 226 g/mol. The summed E-state index contributed by atoms with van der Waals surface area (Å²) in [7, 11) is 1.74. The maximum absolute atomic E-state index is 10.6. The zero-order chi connectivity index (χ0) is 13.4. The van der Waals surface area contributed by atoms with Gasteiger partial charge in [0.05, 0.1) is 6.10 Å². The average molecular weight is 257 g/mol. The fraction of sp³-hybridized carbons (Fsp3) is 1.00. The van der Waals surface area contributed by atoms with E-state index in [2.05, 4.69) is 18.7 Å². The highest BCUT2D eigenvalue weighted by Crippen LogP contribution is 2.39. The van der Waals surface area contributed by atoms with Crippen LogP contribution in [0, 0.1) is 0 Å². The number of likely N-dealkylation sites (N-methyl/N-ethyl adjacent to an activating group) is 1. The maximum Gasteiger partial charge on any atom is 0.0723 e. The Morgan fingerprint density at radius 2 is 1.78 bits per heavy atom. The summed E-state index contributed by atoms with van der Waals surface area (Å²) in [4.78, 5) is 2.49. The van der Waals surface area contributed by atoms with Crippen molar-refractivity contribution in [3.8, 4) is 0 Å². The third-order valence-electron chi connectivity index (χ3n) is 4.56. The standard InChI is InChI=1S/C15H31NO2/c1-4-16(5-2)15(11-7-8-12-15)14(17)10-6-9-13-18-3/h14,17H,4-13H2,1-3H3. The molecule has 1 unspecified atom stereocenters. The number of rotatable bonds is 9. The van der Waals surface area contributed by atoms with Crippen LogP contribution in [-0.4, -0.2) is 48.5 Å². The van der Waals surface area contributed by atoms with Gasteiger partial charge in [-0.1, -0.05) is 26.7 Å². The molecule has 0 aromatic heterocycles. The van der Waals surface area contributed by atoms with Crippen LogP contribution in [0.25, 0.3) is 0 Å². The van der Waals surface area contributed by atoms with Gasteiger partial charge in [0, 0.05) is 19.3 Å². The summed E-state index contributed by atoms with van der Waals surface area (Å²) < 4.78 is 5.07. The Kier molecular flexibility index (Phi) is 7.20. The van der Waals surface area contributed by atoms with Gasteiger partial charge in [-0.15, -0.1) is 0 Å². The number of methoxy groups -OCH3 is 1. The molecule has 108 valence electrons. The van der Waals surface area contributed by atoms with Crippen molar-refractivity contribution in [3.05, 3.63) is 0 Å². The highest BCUT2D eigenvalue weighted by Gasteiger charge is 2.43.